The number of H-pyrrole nitrogens is 1. The van der Waals surface area contributed by atoms with Crippen molar-refractivity contribution in [2.45, 2.75) is 71.9 Å². The van der Waals surface area contributed by atoms with Gasteiger partial charge in [-0.15, -0.1) is 0 Å². The zero-order valence-electron chi connectivity index (χ0n) is 22.3. The zero-order valence-corrected chi connectivity index (χ0v) is 23.2. The minimum absolute atomic E-state index is 0.122. The first-order valence-electron chi connectivity index (χ1n) is 13.2. The van der Waals surface area contributed by atoms with Gasteiger partial charge in [0.1, 0.15) is 7.14 Å². The van der Waals surface area contributed by atoms with Crippen LogP contribution in [-0.2, 0) is 28.7 Å². The van der Waals surface area contributed by atoms with Crippen LogP contribution < -0.4 is 21.1 Å². The van der Waals surface area contributed by atoms with Crippen LogP contribution in [0.4, 0.5) is 5.69 Å². The molecule has 1 fully saturated rings. The maximum atomic E-state index is 13.6. The number of benzene rings is 1. The second-order valence-electron chi connectivity index (χ2n) is 10.5. The Labute approximate surface area is 214 Å². The topological polar surface area (TPSA) is 91.5 Å². The van der Waals surface area contributed by atoms with Gasteiger partial charge in [0, 0.05) is 60.2 Å². The van der Waals surface area contributed by atoms with Crippen molar-refractivity contribution < 1.29 is 14.1 Å². The average Bonchev–Trinajstić information content (AvgIpc) is 2.85. The third-order valence-corrected chi connectivity index (χ3v) is 9.30. The van der Waals surface area contributed by atoms with Crippen LogP contribution in [-0.4, -0.2) is 50.0 Å². The Kier molecular flexibility index (Phi) is 8.11. The molecule has 7 nitrogen and oxygen atoms in total. The van der Waals surface area contributed by atoms with Crippen LogP contribution in [0.2, 0.25) is 0 Å². The highest BCUT2D eigenvalue weighted by Crippen LogP contribution is 2.38. The number of pyridine rings is 1. The van der Waals surface area contributed by atoms with Crippen molar-refractivity contribution >= 4 is 24.0 Å². The normalized spacial score (nSPS) is 16.5. The number of nitrogens with zero attached hydrogens (tertiary/aromatic N) is 1. The van der Waals surface area contributed by atoms with Crippen LogP contribution in [0.1, 0.15) is 70.9 Å². The highest BCUT2D eigenvalue weighted by atomic mass is 31.2. The molecule has 2 aromatic rings. The number of ether oxygens (including phenoxy) is 1. The van der Waals surface area contributed by atoms with E-state index in [-0.39, 0.29) is 18.0 Å². The summed E-state index contributed by atoms with van der Waals surface area (Å²) in [7, 11) is -2.61. The second-order valence-corrected chi connectivity index (χ2v) is 13.7. The van der Waals surface area contributed by atoms with Gasteiger partial charge in [-0.05, 0) is 101 Å². The van der Waals surface area contributed by atoms with E-state index in [0.29, 0.717) is 22.5 Å². The molecule has 8 heteroatoms. The van der Waals surface area contributed by atoms with Gasteiger partial charge in [-0.25, -0.2) is 0 Å². The summed E-state index contributed by atoms with van der Waals surface area (Å²) in [6.07, 6.45) is 5.87. The van der Waals surface area contributed by atoms with Crippen molar-refractivity contribution in [2.75, 3.05) is 38.0 Å². The molecule has 1 aromatic carbocycles. The number of carbonyl (C=O) groups excluding carboxylic acids is 1. The molecule has 1 aromatic heterocycles. The van der Waals surface area contributed by atoms with Crippen molar-refractivity contribution in [1.82, 2.24) is 10.3 Å². The standard InChI is InChI=1S/C28H40N3O4P/c1-6-31(20-11-13-35-14-12-20)26-16-21(36(4,5)34)15-24(18(26)2)27(32)29-17-25-23-10-8-7-9-22(23)19(3)30-28(25)33/h15-16,20H,6-14,17H2,1-5H3,(H,29,32)(H,30,33). The molecule has 2 heterocycles. The monoisotopic (exact) mass is 513 g/mol. The Hall–Kier alpha value is -2.37. The molecule has 4 rings (SSSR count). The fraction of sp³-hybridized carbons (Fsp3) is 0.571. The quantitative estimate of drug-likeness (QED) is 0.545. The molecule has 36 heavy (non-hydrogen) atoms. The number of aromatic amines is 1. The lowest BCUT2D eigenvalue weighted by molar-refractivity contribution is 0.0846. The van der Waals surface area contributed by atoms with Gasteiger partial charge in [-0.3, -0.25) is 9.59 Å². The number of rotatable bonds is 7. The molecule has 0 unspecified atom stereocenters. The van der Waals surface area contributed by atoms with Crippen LogP contribution in [0.5, 0.6) is 0 Å². The number of hydrogen-bond donors (Lipinski definition) is 2. The maximum absolute atomic E-state index is 13.6. The first-order valence-corrected chi connectivity index (χ1v) is 15.8. The third kappa shape index (κ3) is 5.47. The van der Waals surface area contributed by atoms with Crippen molar-refractivity contribution in [3.63, 3.8) is 0 Å². The summed E-state index contributed by atoms with van der Waals surface area (Å²) in [5.74, 6) is -0.239. The summed E-state index contributed by atoms with van der Waals surface area (Å²) in [4.78, 5) is 31.7. The molecular formula is C28H40N3O4P. The van der Waals surface area contributed by atoms with Gasteiger partial charge < -0.3 is 24.5 Å². The summed E-state index contributed by atoms with van der Waals surface area (Å²) >= 11 is 0. The summed E-state index contributed by atoms with van der Waals surface area (Å²) < 4.78 is 18.7. The van der Waals surface area contributed by atoms with E-state index in [0.717, 1.165) is 80.8 Å². The van der Waals surface area contributed by atoms with E-state index in [4.69, 9.17) is 4.74 Å². The van der Waals surface area contributed by atoms with E-state index in [1.54, 1.807) is 19.4 Å². The number of amides is 1. The Bertz CT molecular complexity index is 1240. The smallest absolute Gasteiger partial charge is 0.253 e. The van der Waals surface area contributed by atoms with Gasteiger partial charge in [0.25, 0.3) is 11.5 Å². The first-order chi connectivity index (χ1) is 17.1. The van der Waals surface area contributed by atoms with Crippen LogP contribution in [0.25, 0.3) is 0 Å². The number of carbonyl (C=O) groups is 1. The maximum Gasteiger partial charge on any atom is 0.253 e. The Morgan fingerprint density at radius 3 is 2.44 bits per heavy atom. The number of anilines is 1. The Morgan fingerprint density at radius 1 is 1.14 bits per heavy atom. The van der Waals surface area contributed by atoms with E-state index in [9.17, 15) is 14.2 Å². The highest BCUT2D eigenvalue weighted by Gasteiger charge is 2.27. The minimum Gasteiger partial charge on any atom is -0.381 e. The molecule has 1 aliphatic carbocycles. The molecule has 0 atom stereocenters. The SMILES string of the molecule is CCN(c1cc(P(C)(C)=O)cc(C(=O)NCc2c3c(c(C)[nH]c2=O)CCCC3)c1C)C1CCOCC1. The van der Waals surface area contributed by atoms with Gasteiger partial charge in [-0.2, -0.15) is 0 Å². The number of aryl methyl sites for hydroxylation is 1. The third-order valence-electron chi connectivity index (χ3n) is 7.80. The van der Waals surface area contributed by atoms with Crippen LogP contribution >= 0.6 is 7.14 Å². The molecule has 2 N–H and O–H groups in total. The molecule has 1 amide bonds. The van der Waals surface area contributed by atoms with Gasteiger partial charge in [-0.1, -0.05) is 0 Å². The van der Waals surface area contributed by atoms with Crippen molar-refractivity contribution in [1.29, 1.82) is 0 Å². The molecule has 1 aliphatic heterocycles. The molecule has 0 bridgehead atoms. The number of hydrogen-bond acceptors (Lipinski definition) is 5. The van der Waals surface area contributed by atoms with Crippen LogP contribution in [0.15, 0.2) is 16.9 Å². The fourth-order valence-electron chi connectivity index (χ4n) is 5.71. The highest BCUT2D eigenvalue weighted by molar-refractivity contribution is 7.70. The summed E-state index contributed by atoms with van der Waals surface area (Å²) in [6.45, 7) is 11.9. The molecule has 0 radical (unpaired) electrons. The lowest BCUT2D eigenvalue weighted by Gasteiger charge is -2.37. The van der Waals surface area contributed by atoms with Gasteiger partial charge in [0.2, 0.25) is 0 Å². The predicted molar refractivity (Wildman–Crippen MR) is 147 cm³/mol. The van der Waals surface area contributed by atoms with Crippen LogP contribution in [0.3, 0.4) is 0 Å². The van der Waals surface area contributed by atoms with Gasteiger partial charge in [0.15, 0.2) is 0 Å². The fourth-order valence-corrected chi connectivity index (χ4v) is 6.59. The summed E-state index contributed by atoms with van der Waals surface area (Å²) in [5.41, 5.74) is 6.14. The first kappa shape index (κ1) is 26.7. The lowest BCUT2D eigenvalue weighted by Crippen LogP contribution is -2.40. The van der Waals surface area contributed by atoms with E-state index in [1.165, 1.54) is 5.56 Å². The molecular weight excluding hydrogens is 473 g/mol. The summed E-state index contributed by atoms with van der Waals surface area (Å²) in [6, 6.07) is 4.11. The number of nitrogens with one attached hydrogen (secondary N) is 2. The number of aromatic nitrogens is 1. The van der Waals surface area contributed by atoms with Crippen molar-refractivity contribution in [3.05, 3.63) is 56.0 Å². The largest absolute Gasteiger partial charge is 0.381 e. The zero-order chi connectivity index (χ0) is 26.0. The van der Waals surface area contributed by atoms with E-state index in [2.05, 4.69) is 22.1 Å². The van der Waals surface area contributed by atoms with Crippen molar-refractivity contribution in [3.8, 4) is 0 Å². The summed E-state index contributed by atoms with van der Waals surface area (Å²) in [5, 5.41) is 3.72. The van der Waals surface area contributed by atoms with E-state index < -0.39 is 7.14 Å². The van der Waals surface area contributed by atoms with Gasteiger partial charge >= 0.3 is 0 Å². The van der Waals surface area contributed by atoms with E-state index >= 15 is 0 Å². The molecule has 196 valence electrons. The Balaban J connectivity index is 1.68. The molecule has 0 spiro atoms. The molecule has 2 aliphatic rings. The second kappa shape index (κ2) is 10.9. The van der Waals surface area contributed by atoms with Crippen molar-refractivity contribution in [2.24, 2.45) is 0 Å². The molecule has 0 saturated carbocycles. The van der Waals surface area contributed by atoms with Gasteiger partial charge in [0.05, 0.1) is 0 Å². The number of fused-ring (bicyclic) bond motifs is 1. The minimum atomic E-state index is -2.61. The predicted octanol–water partition coefficient (Wildman–Crippen LogP) is 4.05. The lowest BCUT2D eigenvalue weighted by atomic mass is 9.88. The van der Waals surface area contributed by atoms with E-state index in [1.807, 2.05) is 19.9 Å². The average molecular weight is 514 g/mol. The Morgan fingerprint density at radius 2 is 1.81 bits per heavy atom. The molecule has 1 saturated heterocycles. The van der Waals surface area contributed by atoms with Crippen LogP contribution in [0, 0.1) is 13.8 Å².